The highest BCUT2D eigenvalue weighted by Gasteiger charge is 2.05. The van der Waals surface area contributed by atoms with Crippen molar-refractivity contribution in [3.8, 4) is 11.1 Å². The summed E-state index contributed by atoms with van der Waals surface area (Å²) in [6.45, 7) is 0.104. The predicted molar refractivity (Wildman–Crippen MR) is 101 cm³/mol. The van der Waals surface area contributed by atoms with Gasteiger partial charge in [-0.25, -0.2) is 0 Å². The van der Waals surface area contributed by atoms with Crippen molar-refractivity contribution in [2.75, 3.05) is 6.54 Å². The van der Waals surface area contributed by atoms with Gasteiger partial charge in [-0.15, -0.1) is 0 Å². The van der Waals surface area contributed by atoms with Crippen molar-refractivity contribution in [1.82, 2.24) is 10.3 Å². The van der Waals surface area contributed by atoms with Crippen LogP contribution in [0.1, 0.15) is 12.0 Å². The van der Waals surface area contributed by atoms with Crippen molar-refractivity contribution < 1.29 is 14.7 Å². The van der Waals surface area contributed by atoms with E-state index in [1.54, 1.807) is 18.5 Å². The third-order valence-electron chi connectivity index (χ3n) is 3.97. The largest absolute Gasteiger partial charge is 0.481 e. The minimum absolute atomic E-state index is 0.100. The van der Waals surface area contributed by atoms with E-state index >= 15 is 0 Å². The van der Waals surface area contributed by atoms with Crippen molar-refractivity contribution in [1.29, 1.82) is 0 Å². The lowest BCUT2D eigenvalue weighted by Crippen LogP contribution is -2.23. The van der Waals surface area contributed by atoms with E-state index in [2.05, 4.69) is 34.6 Å². The number of carbonyl (C=O) groups is 2. The van der Waals surface area contributed by atoms with Gasteiger partial charge in [0.2, 0.25) is 5.91 Å². The average molecular weight is 346 g/mol. The Hall–Kier alpha value is -3.47. The van der Waals surface area contributed by atoms with Crippen molar-refractivity contribution in [2.45, 2.75) is 6.42 Å². The van der Waals surface area contributed by atoms with Gasteiger partial charge in [0.1, 0.15) is 0 Å². The van der Waals surface area contributed by atoms with Crippen LogP contribution in [0.25, 0.3) is 28.0 Å². The Morgan fingerprint density at radius 2 is 1.88 bits per heavy atom. The summed E-state index contributed by atoms with van der Waals surface area (Å²) in [6, 6.07) is 16.1. The summed E-state index contributed by atoms with van der Waals surface area (Å²) >= 11 is 0. The van der Waals surface area contributed by atoms with E-state index in [4.69, 9.17) is 5.11 Å². The van der Waals surface area contributed by atoms with E-state index in [1.165, 1.54) is 6.08 Å². The minimum Gasteiger partial charge on any atom is -0.481 e. The fourth-order valence-electron chi connectivity index (χ4n) is 2.67. The van der Waals surface area contributed by atoms with Crippen LogP contribution in [0.2, 0.25) is 0 Å². The van der Waals surface area contributed by atoms with Crippen molar-refractivity contribution >= 4 is 28.7 Å². The van der Waals surface area contributed by atoms with Crippen LogP contribution in [-0.2, 0) is 9.59 Å². The van der Waals surface area contributed by atoms with Gasteiger partial charge >= 0.3 is 5.97 Å². The molecular formula is C21H18N2O3. The van der Waals surface area contributed by atoms with Gasteiger partial charge < -0.3 is 10.4 Å². The molecule has 1 aromatic heterocycles. The number of nitrogens with one attached hydrogen (secondary N) is 1. The molecule has 3 rings (SSSR count). The number of carboxylic acid groups (broad SMARTS) is 1. The summed E-state index contributed by atoms with van der Waals surface area (Å²) in [6.07, 6.45) is 6.46. The molecule has 0 aliphatic rings. The Morgan fingerprint density at radius 1 is 1.08 bits per heavy atom. The second kappa shape index (κ2) is 8.07. The van der Waals surface area contributed by atoms with Gasteiger partial charge in [0.15, 0.2) is 0 Å². The minimum atomic E-state index is -0.943. The third-order valence-corrected chi connectivity index (χ3v) is 3.97. The molecule has 0 atom stereocenters. The van der Waals surface area contributed by atoms with Crippen LogP contribution in [0.4, 0.5) is 0 Å². The normalized spacial score (nSPS) is 10.9. The van der Waals surface area contributed by atoms with E-state index in [0.717, 1.165) is 27.5 Å². The molecule has 0 fully saturated rings. The first-order valence-electron chi connectivity index (χ1n) is 8.24. The number of carbonyl (C=O) groups excluding carboxylic acids is 1. The SMILES string of the molecule is O=C(O)CCNC(=O)/C=C/c1ccncc1-c1ccc2ccccc2c1. The summed E-state index contributed by atoms with van der Waals surface area (Å²) in [5.74, 6) is -1.27. The Bertz CT molecular complexity index is 980. The van der Waals surface area contributed by atoms with Gasteiger partial charge in [-0.05, 0) is 40.1 Å². The molecule has 3 aromatic rings. The molecule has 2 N–H and O–H groups in total. The molecule has 130 valence electrons. The zero-order valence-electron chi connectivity index (χ0n) is 14.1. The molecule has 0 bridgehead atoms. The summed E-state index contributed by atoms with van der Waals surface area (Å²) < 4.78 is 0. The summed E-state index contributed by atoms with van der Waals surface area (Å²) in [5, 5.41) is 13.4. The maximum atomic E-state index is 11.8. The van der Waals surface area contributed by atoms with Crippen LogP contribution in [0.5, 0.6) is 0 Å². The lowest BCUT2D eigenvalue weighted by Gasteiger charge is -2.07. The maximum Gasteiger partial charge on any atom is 0.305 e. The number of hydrogen-bond acceptors (Lipinski definition) is 3. The number of fused-ring (bicyclic) bond motifs is 1. The van der Waals surface area contributed by atoms with Gasteiger partial charge in [0, 0.05) is 30.6 Å². The number of nitrogens with zero attached hydrogens (tertiary/aromatic N) is 1. The zero-order chi connectivity index (χ0) is 18.4. The van der Waals surface area contributed by atoms with E-state index < -0.39 is 5.97 Å². The molecule has 1 amide bonds. The Morgan fingerprint density at radius 3 is 2.69 bits per heavy atom. The lowest BCUT2D eigenvalue weighted by molar-refractivity contribution is -0.136. The van der Waals surface area contributed by atoms with Crippen LogP contribution < -0.4 is 5.32 Å². The van der Waals surface area contributed by atoms with Crippen molar-refractivity contribution in [3.05, 3.63) is 72.6 Å². The molecule has 0 saturated carbocycles. The molecule has 5 heteroatoms. The molecule has 0 aliphatic carbocycles. The first-order chi connectivity index (χ1) is 12.6. The van der Waals surface area contributed by atoms with Gasteiger partial charge in [0.05, 0.1) is 6.42 Å². The first kappa shape index (κ1) is 17.4. The highest BCUT2D eigenvalue weighted by atomic mass is 16.4. The second-order valence-electron chi connectivity index (χ2n) is 5.79. The van der Waals surface area contributed by atoms with Gasteiger partial charge in [-0.1, -0.05) is 36.4 Å². The average Bonchev–Trinajstić information content (AvgIpc) is 2.66. The smallest absolute Gasteiger partial charge is 0.305 e. The van der Waals surface area contributed by atoms with E-state index in [0.29, 0.717) is 0 Å². The maximum absolute atomic E-state index is 11.8. The van der Waals surface area contributed by atoms with Crippen molar-refractivity contribution in [3.63, 3.8) is 0 Å². The van der Waals surface area contributed by atoms with Gasteiger partial charge in [-0.3, -0.25) is 14.6 Å². The van der Waals surface area contributed by atoms with E-state index in [9.17, 15) is 9.59 Å². The standard InChI is InChI=1S/C21H18N2O3/c24-20(23-12-10-21(25)26)8-7-16-9-11-22-14-19(16)18-6-5-15-3-1-2-4-17(15)13-18/h1-9,11,13-14H,10,12H2,(H,23,24)(H,25,26)/b8-7+. The number of amides is 1. The molecule has 0 spiro atoms. The van der Waals surface area contributed by atoms with E-state index in [1.807, 2.05) is 24.3 Å². The molecule has 0 radical (unpaired) electrons. The molecule has 0 aliphatic heterocycles. The Kier molecular flexibility index (Phi) is 5.39. The molecule has 5 nitrogen and oxygen atoms in total. The van der Waals surface area contributed by atoms with Crippen molar-refractivity contribution in [2.24, 2.45) is 0 Å². The summed E-state index contributed by atoms with van der Waals surface area (Å²) in [5.41, 5.74) is 2.80. The van der Waals surface area contributed by atoms with E-state index in [-0.39, 0.29) is 18.9 Å². The molecular weight excluding hydrogens is 328 g/mol. The molecule has 0 saturated heterocycles. The Labute approximate surface area is 151 Å². The second-order valence-corrected chi connectivity index (χ2v) is 5.79. The monoisotopic (exact) mass is 346 g/mol. The van der Waals surface area contributed by atoms with Gasteiger partial charge in [0.25, 0.3) is 0 Å². The quantitative estimate of drug-likeness (QED) is 0.670. The number of hydrogen-bond donors (Lipinski definition) is 2. The van der Waals surface area contributed by atoms with Crippen LogP contribution in [0.15, 0.2) is 67.0 Å². The first-order valence-corrected chi connectivity index (χ1v) is 8.24. The predicted octanol–water partition coefficient (Wildman–Crippen LogP) is 3.51. The molecule has 26 heavy (non-hydrogen) atoms. The van der Waals surface area contributed by atoms with Crippen LogP contribution in [0.3, 0.4) is 0 Å². The zero-order valence-corrected chi connectivity index (χ0v) is 14.1. The molecule has 1 heterocycles. The molecule has 0 unspecified atom stereocenters. The number of pyridine rings is 1. The fraction of sp³-hybridized carbons (Fsp3) is 0.0952. The van der Waals surface area contributed by atoms with Crippen LogP contribution in [0, 0.1) is 0 Å². The highest BCUT2D eigenvalue weighted by Crippen LogP contribution is 2.27. The van der Waals surface area contributed by atoms with Crippen LogP contribution in [-0.4, -0.2) is 28.5 Å². The number of carboxylic acids is 1. The number of rotatable bonds is 6. The molecule has 2 aromatic carbocycles. The topological polar surface area (TPSA) is 79.3 Å². The number of aromatic nitrogens is 1. The summed E-state index contributed by atoms with van der Waals surface area (Å²) in [7, 11) is 0. The summed E-state index contributed by atoms with van der Waals surface area (Å²) in [4.78, 5) is 26.5. The third kappa shape index (κ3) is 4.33. The number of benzene rings is 2. The fourth-order valence-corrected chi connectivity index (χ4v) is 2.67. The van der Waals surface area contributed by atoms with Crippen LogP contribution >= 0.6 is 0 Å². The number of aliphatic carboxylic acids is 1. The Balaban J connectivity index is 1.82. The lowest BCUT2D eigenvalue weighted by atomic mass is 9.98. The van der Waals surface area contributed by atoms with Gasteiger partial charge in [-0.2, -0.15) is 0 Å². The highest BCUT2D eigenvalue weighted by molar-refractivity contribution is 5.94.